The fourth-order valence-corrected chi connectivity index (χ4v) is 2.65. The number of morpholine rings is 1. The van der Waals surface area contributed by atoms with E-state index in [1.54, 1.807) is 11.8 Å². The minimum absolute atomic E-state index is 0.00211. The summed E-state index contributed by atoms with van der Waals surface area (Å²) in [7, 11) is 0. The topological polar surface area (TPSA) is 97.6 Å². The zero-order chi connectivity index (χ0) is 17.6. The molecule has 2 amide bonds. The summed E-state index contributed by atoms with van der Waals surface area (Å²) in [6, 6.07) is 8.92. The van der Waals surface area contributed by atoms with Crippen molar-refractivity contribution < 1.29 is 18.8 Å². The van der Waals surface area contributed by atoms with Gasteiger partial charge in [-0.2, -0.15) is 4.98 Å². The van der Waals surface area contributed by atoms with Crippen LogP contribution in [0.4, 0.5) is 0 Å². The Morgan fingerprint density at radius 1 is 1.36 bits per heavy atom. The van der Waals surface area contributed by atoms with E-state index in [1.165, 1.54) is 0 Å². The highest BCUT2D eigenvalue weighted by atomic mass is 16.5. The monoisotopic (exact) mass is 344 g/mol. The van der Waals surface area contributed by atoms with Crippen LogP contribution in [0.15, 0.2) is 34.9 Å². The van der Waals surface area contributed by atoms with Crippen LogP contribution in [0.25, 0.3) is 0 Å². The van der Waals surface area contributed by atoms with Gasteiger partial charge < -0.3 is 19.5 Å². The van der Waals surface area contributed by atoms with Gasteiger partial charge in [0.05, 0.1) is 6.61 Å². The molecular formula is C17H20N4O4. The first-order valence-corrected chi connectivity index (χ1v) is 8.11. The molecule has 3 rings (SSSR count). The average Bonchev–Trinajstić information content (AvgIpc) is 3.03. The van der Waals surface area contributed by atoms with E-state index in [-0.39, 0.29) is 25.0 Å². The van der Waals surface area contributed by atoms with Gasteiger partial charge in [-0.25, -0.2) is 0 Å². The molecule has 1 saturated heterocycles. The zero-order valence-corrected chi connectivity index (χ0v) is 14.0. The Hall–Kier alpha value is -2.74. The van der Waals surface area contributed by atoms with Crippen molar-refractivity contribution in [1.29, 1.82) is 0 Å². The second-order valence-corrected chi connectivity index (χ2v) is 5.81. The maximum absolute atomic E-state index is 12.5. The minimum Gasteiger partial charge on any atom is -0.369 e. The Morgan fingerprint density at radius 3 is 2.88 bits per heavy atom. The highest BCUT2D eigenvalue weighted by molar-refractivity contribution is 5.89. The van der Waals surface area contributed by atoms with Crippen molar-refractivity contribution in [3.8, 4) is 0 Å². The number of hydrogen-bond acceptors (Lipinski definition) is 6. The lowest BCUT2D eigenvalue weighted by Gasteiger charge is -2.34. The maximum atomic E-state index is 12.5. The molecule has 0 aliphatic carbocycles. The summed E-state index contributed by atoms with van der Waals surface area (Å²) in [6.07, 6.45) is 0.437. The average molecular weight is 344 g/mol. The van der Waals surface area contributed by atoms with Gasteiger partial charge in [-0.05, 0) is 12.5 Å². The van der Waals surface area contributed by atoms with Gasteiger partial charge in [0, 0.05) is 19.5 Å². The van der Waals surface area contributed by atoms with Crippen LogP contribution < -0.4 is 5.32 Å². The molecule has 1 aliphatic rings. The van der Waals surface area contributed by atoms with Gasteiger partial charge in [-0.15, -0.1) is 0 Å². The van der Waals surface area contributed by atoms with Crippen molar-refractivity contribution >= 4 is 11.8 Å². The van der Waals surface area contributed by atoms with E-state index in [9.17, 15) is 9.59 Å². The number of carbonyl (C=O) groups excluding carboxylic acids is 2. The predicted octanol–water partition coefficient (Wildman–Crippen LogP) is 0.464. The Bertz CT molecular complexity index is 731. The molecule has 1 aliphatic heterocycles. The number of aryl methyl sites for hydroxylation is 1. The molecule has 8 heteroatoms. The maximum Gasteiger partial charge on any atom is 0.249 e. The number of nitrogens with one attached hydrogen (secondary N) is 1. The Labute approximate surface area is 145 Å². The number of aromatic nitrogens is 2. The molecule has 2 heterocycles. The standard InChI is InChI=1S/C17H20N4O4/c1-12-19-15(25-20-12)7-8-18-17(23)14-10-24-11-16(22)21(14)9-13-5-3-2-4-6-13/h2-6,14H,7-11H2,1H3,(H,18,23). The van der Waals surface area contributed by atoms with Crippen molar-refractivity contribution in [2.75, 3.05) is 19.8 Å². The third kappa shape index (κ3) is 4.42. The molecule has 1 aromatic carbocycles. The molecule has 25 heavy (non-hydrogen) atoms. The quantitative estimate of drug-likeness (QED) is 0.818. The van der Waals surface area contributed by atoms with Crippen LogP contribution in [0.5, 0.6) is 0 Å². The van der Waals surface area contributed by atoms with Crippen LogP contribution in [0.3, 0.4) is 0 Å². The van der Waals surface area contributed by atoms with E-state index < -0.39 is 6.04 Å². The van der Waals surface area contributed by atoms with Crippen LogP contribution in [0.1, 0.15) is 17.3 Å². The van der Waals surface area contributed by atoms with E-state index in [0.29, 0.717) is 31.2 Å². The van der Waals surface area contributed by atoms with Crippen LogP contribution in [0, 0.1) is 6.92 Å². The number of hydrogen-bond donors (Lipinski definition) is 1. The first-order chi connectivity index (χ1) is 12.1. The molecule has 1 unspecified atom stereocenters. The van der Waals surface area contributed by atoms with Gasteiger partial charge in [-0.1, -0.05) is 35.5 Å². The number of benzene rings is 1. The van der Waals surface area contributed by atoms with Crippen molar-refractivity contribution in [3.63, 3.8) is 0 Å². The molecule has 1 aromatic heterocycles. The molecule has 132 valence electrons. The van der Waals surface area contributed by atoms with E-state index in [2.05, 4.69) is 15.5 Å². The fourth-order valence-electron chi connectivity index (χ4n) is 2.65. The normalized spacial score (nSPS) is 17.6. The van der Waals surface area contributed by atoms with Crippen LogP contribution in [0.2, 0.25) is 0 Å². The lowest BCUT2D eigenvalue weighted by atomic mass is 10.1. The summed E-state index contributed by atoms with van der Waals surface area (Å²) in [5.74, 6) is 0.583. The lowest BCUT2D eigenvalue weighted by molar-refractivity contribution is -0.155. The van der Waals surface area contributed by atoms with E-state index in [4.69, 9.17) is 9.26 Å². The minimum atomic E-state index is -0.647. The van der Waals surface area contributed by atoms with Crippen LogP contribution in [-0.2, 0) is 27.3 Å². The van der Waals surface area contributed by atoms with Gasteiger partial charge in [0.2, 0.25) is 17.7 Å². The molecule has 0 spiro atoms. The van der Waals surface area contributed by atoms with Crippen molar-refractivity contribution in [2.24, 2.45) is 0 Å². The lowest BCUT2D eigenvalue weighted by Crippen LogP contribution is -2.56. The van der Waals surface area contributed by atoms with Gasteiger partial charge in [-0.3, -0.25) is 9.59 Å². The van der Waals surface area contributed by atoms with Crippen molar-refractivity contribution in [1.82, 2.24) is 20.4 Å². The highest BCUT2D eigenvalue weighted by Crippen LogP contribution is 2.14. The molecule has 0 bridgehead atoms. The Balaban J connectivity index is 1.59. The summed E-state index contributed by atoms with van der Waals surface area (Å²) >= 11 is 0. The van der Waals surface area contributed by atoms with Gasteiger partial charge in [0.1, 0.15) is 12.6 Å². The number of nitrogens with zero attached hydrogens (tertiary/aromatic N) is 3. The number of amides is 2. The summed E-state index contributed by atoms with van der Waals surface area (Å²) in [5, 5.41) is 6.51. The fraction of sp³-hybridized carbons (Fsp3) is 0.412. The van der Waals surface area contributed by atoms with Gasteiger partial charge in [0.15, 0.2) is 5.82 Å². The predicted molar refractivity (Wildman–Crippen MR) is 87.3 cm³/mol. The molecular weight excluding hydrogens is 324 g/mol. The van der Waals surface area contributed by atoms with Crippen molar-refractivity contribution in [3.05, 3.63) is 47.6 Å². The third-order valence-electron chi connectivity index (χ3n) is 3.90. The highest BCUT2D eigenvalue weighted by Gasteiger charge is 2.33. The van der Waals surface area contributed by atoms with Gasteiger partial charge in [0.25, 0.3) is 0 Å². The van der Waals surface area contributed by atoms with E-state index in [0.717, 1.165) is 5.56 Å². The smallest absolute Gasteiger partial charge is 0.249 e. The Morgan fingerprint density at radius 2 is 2.16 bits per heavy atom. The number of ether oxygens (including phenoxy) is 1. The van der Waals surface area contributed by atoms with Crippen molar-refractivity contribution in [2.45, 2.75) is 25.9 Å². The van der Waals surface area contributed by atoms with E-state index >= 15 is 0 Å². The molecule has 8 nitrogen and oxygen atoms in total. The Kier molecular flexibility index (Phi) is 5.39. The summed E-state index contributed by atoms with van der Waals surface area (Å²) in [6.45, 7) is 2.65. The second-order valence-electron chi connectivity index (χ2n) is 5.81. The number of rotatable bonds is 6. The SMILES string of the molecule is Cc1noc(CCNC(=O)C2COCC(=O)N2Cc2ccccc2)n1. The first-order valence-electron chi connectivity index (χ1n) is 8.11. The first kappa shape index (κ1) is 17.1. The summed E-state index contributed by atoms with van der Waals surface area (Å²) < 4.78 is 10.3. The molecule has 1 fully saturated rings. The summed E-state index contributed by atoms with van der Waals surface area (Å²) in [4.78, 5) is 30.3. The van der Waals surface area contributed by atoms with Crippen LogP contribution in [-0.4, -0.2) is 52.7 Å². The van der Waals surface area contributed by atoms with Crippen LogP contribution >= 0.6 is 0 Å². The molecule has 1 N–H and O–H groups in total. The third-order valence-corrected chi connectivity index (χ3v) is 3.90. The molecule has 0 radical (unpaired) electrons. The molecule has 2 aromatic rings. The number of carbonyl (C=O) groups is 2. The second kappa shape index (κ2) is 7.89. The molecule has 0 saturated carbocycles. The van der Waals surface area contributed by atoms with E-state index in [1.807, 2.05) is 30.3 Å². The van der Waals surface area contributed by atoms with Gasteiger partial charge >= 0.3 is 0 Å². The largest absolute Gasteiger partial charge is 0.369 e. The zero-order valence-electron chi connectivity index (χ0n) is 14.0. The molecule has 1 atom stereocenters. The summed E-state index contributed by atoms with van der Waals surface area (Å²) in [5.41, 5.74) is 0.969.